The van der Waals surface area contributed by atoms with E-state index in [1.54, 1.807) is 48.0 Å². The van der Waals surface area contributed by atoms with Gasteiger partial charge in [0.15, 0.2) is 10.8 Å². The number of amides is 2. The maximum absolute atomic E-state index is 12.1. The van der Waals surface area contributed by atoms with Crippen LogP contribution in [0.5, 0.6) is 0 Å². The summed E-state index contributed by atoms with van der Waals surface area (Å²) >= 11 is 7.29. The van der Waals surface area contributed by atoms with Gasteiger partial charge in [-0.25, -0.2) is 4.98 Å². The van der Waals surface area contributed by atoms with Gasteiger partial charge in [0.1, 0.15) is 5.69 Å². The fourth-order valence-corrected chi connectivity index (χ4v) is 3.06. The second-order valence-electron chi connectivity index (χ2n) is 5.01. The van der Waals surface area contributed by atoms with Gasteiger partial charge in [0.2, 0.25) is 0 Å². The molecule has 3 rings (SSSR count). The fourth-order valence-electron chi connectivity index (χ4n) is 2.07. The SMILES string of the molecule is O=C(NCCNC(=O)c1ccccc1Cl)c1csc(-c2ccco2)n1. The molecule has 0 radical (unpaired) electrons. The third-order valence-electron chi connectivity index (χ3n) is 3.28. The molecule has 2 N–H and O–H groups in total. The van der Waals surface area contributed by atoms with E-state index >= 15 is 0 Å². The lowest BCUT2D eigenvalue weighted by Crippen LogP contribution is -2.34. The Morgan fingerprint density at radius 1 is 1.08 bits per heavy atom. The summed E-state index contributed by atoms with van der Waals surface area (Å²) in [6.45, 7) is 0.563. The van der Waals surface area contributed by atoms with E-state index in [1.807, 2.05) is 0 Å². The van der Waals surface area contributed by atoms with Gasteiger partial charge in [0.25, 0.3) is 11.8 Å². The second kappa shape index (κ2) is 7.96. The molecule has 0 atom stereocenters. The number of carbonyl (C=O) groups excluding carboxylic acids is 2. The molecule has 25 heavy (non-hydrogen) atoms. The minimum atomic E-state index is -0.305. The summed E-state index contributed by atoms with van der Waals surface area (Å²) in [6.07, 6.45) is 1.55. The topological polar surface area (TPSA) is 84.2 Å². The van der Waals surface area contributed by atoms with Crippen molar-refractivity contribution >= 4 is 34.8 Å². The number of halogens is 1. The van der Waals surface area contributed by atoms with Crippen LogP contribution < -0.4 is 10.6 Å². The summed E-state index contributed by atoms with van der Waals surface area (Å²) in [5.41, 5.74) is 0.715. The summed E-state index contributed by atoms with van der Waals surface area (Å²) in [5, 5.41) is 8.10. The monoisotopic (exact) mass is 375 g/mol. The number of furan rings is 1. The van der Waals surface area contributed by atoms with Crippen molar-refractivity contribution in [2.24, 2.45) is 0 Å². The van der Waals surface area contributed by atoms with Crippen molar-refractivity contribution in [1.82, 2.24) is 15.6 Å². The molecule has 128 valence electrons. The molecule has 0 saturated heterocycles. The van der Waals surface area contributed by atoms with E-state index in [-0.39, 0.29) is 24.9 Å². The number of hydrogen-bond donors (Lipinski definition) is 2. The zero-order valence-corrected chi connectivity index (χ0v) is 14.6. The van der Waals surface area contributed by atoms with Crippen molar-refractivity contribution in [3.05, 3.63) is 64.3 Å². The van der Waals surface area contributed by atoms with Gasteiger partial charge in [0.05, 0.1) is 16.8 Å². The predicted octanol–water partition coefficient (Wildman–Crippen LogP) is 3.22. The molecule has 0 aliphatic heterocycles. The Bertz CT molecular complexity index is 877. The van der Waals surface area contributed by atoms with Crippen molar-refractivity contribution in [2.75, 3.05) is 13.1 Å². The lowest BCUT2D eigenvalue weighted by atomic mass is 10.2. The van der Waals surface area contributed by atoms with Crippen LogP contribution in [0.3, 0.4) is 0 Å². The molecular formula is C17H14ClN3O3S. The van der Waals surface area contributed by atoms with Crippen LogP contribution in [0, 0.1) is 0 Å². The van der Waals surface area contributed by atoms with Crippen LogP contribution in [0.25, 0.3) is 10.8 Å². The van der Waals surface area contributed by atoms with Gasteiger partial charge in [-0.2, -0.15) is 0 Å². The maximum Gasteiger partial charge on any atom is 0.270 e. The van der Waals surface area contributed by atoms with Crippen LogP contribution in [0.4, 0.5) is 0 Å². The van der Waals surface area contributed by atoms with Crippen LogP contribution in [-0.2, 0) is 0 Å². The Morgan fingerprint density at radius 2 is 1.84 bits per heavy atom. The van der Waals surface area contributed by atoms with E-state index < -0.39 is 0 Å². The first kappa shape index (κ1) is 17.2. The molecule has 8 heteroatoms. The summed E-state index contributed by atoms with van der Waals surface area (Å²) < 4.78 is 5.25. The molecule has 0 saturated carbocycles. The number of hydrogen-bond acceptors (Lipinski definition) is 5. The Hall–Kier alpha value is -2.64. The number of rotatable bonds is 6. The molecule has 0 fully saturated rings. The normalized spacial score (nSPS) is 10.4. The lowest BCUT2D eigenvalue weighted by molar-refractivity contribution is 0.0925. The fraction of sp³-hybridized carbons (Fsp3) is 0.118. The molecule has 0 unspecified atom stereocenters. The minimum absolute atomic E-state index is 0.280. The quantitative estimate of drug-likeness (QED) is 0.648. The minimum Gasteiger partial charge on any atom is -0.462 e. The van der Waals surface area contributed by atoms with Gasteiger partial charge in [-0.1, -0.05) is 23.7 Å². The standard InChI is InChI=1S/C17H14ClN3O3S/c18-12-5-2-1-4-11(12)15(22)19-7-8-20-16(23)13-10-25-17(21-13)14-6-3-9-24-14/h1-6,9-10H,7-8H2,(H,19,22)(H,20,23). The number of nitrogens with one attached hydrogen (secondary N) is 2. The Kier molecular flexibility index (Phi) is 5.47. The number of thiazole rings is 1. The van der Waals surface area contributed by atoms with E-state index in [0.717, 1.165) is 0 Å². The summed E-state index contributed by atoms with van der Waals surface area (Å²) in [4.78, 5) is 28.3. The van der Waals surface area contributed by atoms with E-state index in [2.05, 4.69) is 15.6 Å². The summed E-state index contributed by atoms with van der Waals surface area (Å²) in [5.74, 6) is 0.0331. The highest BCUT2D eigenvalue weighted by Crippen LogP contribution is 2.23. The molecule has 6 nitrogen and oxygen atoms in total. The largest absolute Gasteiger partial charge is 0.462 e. The Morgan fingerprint density at radius 3 is 2.56 bits per heavy atom. The van der Waals surface area contributed by atoms with E-state index in [0.29, 0.717) is 27.0 Å². The van der Waals surface area contributed by atoms with Crippen LogP contribution in [0.2, 0.25) is 5.02 Å². The third kappa shape index (κ3) is 4.26. The van der Waals surface area contributed by atoms with E-state index in [4.69, 9.17) is 16.0 Å². The number of aromatic nitrogens is 1. The number of nitrogens with zero attached hydrogens (tertiary/aromatic N) is 1. The summed E-state index contributed by atoms with van der Waals surface area (Å²) in [6, 6.07) is 10.3. The molecule has 3 aromatic rings. The van der Waals surface area contributed by atoms with Gasteiger partial charge in [-0.15, -0.1) is 11.3 Å². The summed E-state index contributed by atoms with van der Waals surface area (Å²) in [7, 11) is 0. The average molecular weight is 376 g/mol. The first-order valence-electron chi connectivity index (χ1n) is 7.45. The molecule has 2 heterocycles. The Balaban J connectivity index is 1.47. The Labute approximate surface area is 152 Å². The molecule has 0 spiro atoms. The van der Waals surface area contributed by atoms with Gasteiger partial charge < -0.3 is 15.1 Å². The number of benzene rings is 1. The maximum atomic E-state index is 12.1. The zero-order chi connectivity index (χ0) is 17.6. The number of carbonyl (C=O) groups is 2. The van der Waals surface area contributed by atoms with Gasteiger partial charge >= 0.3 is 0 Å². The van der Waals surface area contributed by atoms with Gasteiger partial charge in [-0.3, -0.25) is 9.59 Å². The van der Waals surface area contributed by atoms with Crippen LogP contribution in [-0.4, -0.2) is 29.9 Å². The smallest absolute Gasteiger partial charge is 0.270 e. The van der Waals surface area contributed by atoms with Crippen molar-refractivity contribution in [3.63, 3.8) is 0 Å². The lowest BCUT2D eigenvalue weighted by Gasteiger charge is -2.07. The van der Waals surface area contributed by atoms with Crippen LogP contribution in [0.15, 0.2) is 52.5 Å². The molecule has 1 aromatic carbocycles. The highest BCUT2D eigenvalue weighted by atomic mass is 35.5. The van der Waals surface area contributed by atoms with Crippen LogP contribution in [0.1, 0.15) is 20.8 Å². The molecular weight excluding hydrogens is 362 g/mol. The molecule has 2 aromatic heterocycles. The van der Waals surface area contributed by atoms with Gasteiger partial charge in [0, 0.05) is 18.5 Å². The van der Waals surface area contributed by atoms with Crippen LogP contribution >= 0.6 is 22.9 Å². The van der Waals surface area contributed by atoms with E-state index in [1.165, 1.54) is 11.3 Å². The second-order valence-corrected chi connectivity index (χ2v) is 6.27. The molecule has 2 amide bonds. The van der Waals surface area contributed by atoms with Crippen molar-refractivity contribution < 1.29 is 14.0 Å². The molecule has 0 aliphatic rings. The van der Waals surface area contributed by atoms with Crippen molar-refractivity contribution in [3.8, 4) is 10.8 Å². The van der Waals surface area contributed by atoms with Gasteiger partial charge in [-0.05, 0) is 24.3 Å². The van der Waals surface area contributed by atoms with E-state index in [9.17, 15) is 9.59 Å². The van der Waals surface area contributed by atoms with Crippen molar-refractivity contribution in [1.29, 1.82) is 0 Å². The molecule has 0 bridgehead atoms. The first-order chi connectivity index (χ1) is 12.1. The highest BCUT2D eigenvalue weighted by molar-refractivity contribution is 7.13. The molecule has 0 aliphatic carbocycles. The zero-order valence-electron chi connectivity index (χ0n) is 13.0. The first-order valence-corrected chi connectivity index (χ1v) is 8.71. The average Bonchev–Trinajstić information content (AvgIpc) is 3.29. The van der Waals surface area contributed by atoms with Crippen molar-refractivity contribution in [2.45, 2.75) is 0 Å². The highest BCUT2D eigenvalue weighted by Gasteiger charge is 2.13. The third-order valence-corrected chi connectivity index (χ3v) is 4.47. The predicted molar refractivity (Wildman–Crippen MR) is 95.9 cm³/mol.